The summed E-state index contributed by atoms with van der Waals surface area (Å²) in [5, 5.41) is 15.4. The van der Waals surface area contributed by atoms with Crippen molar-refractivity contribution in [2.75, 3.05) is 30.4 Å². The maximum atomic E-state index is 14.9. The van der Waals surface area contributed by atoms with Crippen LogP contribution < -0.4 is 15.5 Å². The van der Waals surface area contributed by atoms with Crippen molar-refractivity contribution in [1.29, 1.82) is 0 Å². The van der Waals surface area contributed by atoms with Crippen molar-refractivity contribution in [1.82, 2.24) is 5.32 Å². The molecule has 1 heterocycles. The van der Waals surface area contributed by atoms with Gasteiger partial charge in [-0.05, 0) is 30.7 Å². The first-order chi connectivity index (χ1) is 15.2. The van der Waals surface area contributed by atoms with Gasteiger partial charge >= 0.3 is 0 Å². The zero-order valence-corrected chi connectivity index (χ0v) is 18.2. The molecule has 3 N–H and O–H groups in total. The lowest BCUT2D eigenvalue weighted by atomic mass is 9.95. The van der Waals surface area contributed by atoms with Gasteiger partial charge in [0.1, 0.15) is 17.2 Å². The number of allylic oxidation sites excluding steroid dienone is 4. The van der Waals surface area contributed by atoms with Gasteiger partial charge < -0.3 is 30.1 Å². The van der Waals surface area contributed by atoms with Gasteiger partial charge in [0.25, 0.3) is 0 Å². The molecule has 3 atom stereocenters. The lowest BCUT2D eigenvalue weighted by Gasteiger charge is -2.22. The Kier molecular flexibility index (Phi) is 7.47. The van der Waals surface area contributed by atoms with Gasteiger partial charge in [-0.2, -0.15) is 0 Å². The van der Waals surface area contributed by atoms with Crippen LogP contribution in [0.25, 0.3) is 0 Å². The first kappa shape index (κ1) is 23.7. The molecule has 0 spiro atoms. The molecule has 8 nitrogen and oxygen atoms in total. The number of hydrogen-bond acceptors (Lipinski definition) is 7. The number of hydrogen-bond donors (Lipinski definition) is 3. The van der Waals surface area contributed by atoms with E-state index in [0.29, 0.717) is 11.5 Å². The second-order valence-corrected chi connectivity index (χ2v) is 7.86. The van der Waals surface area contributed by atoms with Crippen molar-refractivity contribution in [3.63, 3.8) is 0 Å². The van der Waals surface area contributed by atoms with Crippen LogP contribution in [-0.4, -0.2) is 49.5 Å². The minimum atomic E-state index is -1.40. The third kappa shape index (κ3) is 5.63. The van der Waals surface area contributed by atoms with E-state index < -0.39 is 24.2 Å². The minimum Gasteiger partial charge on any atom is -0.501 e. The van der Waals surface area contributed by atoms with E-state index >= 15 is 0 Å². The SMILES string of the molecule is CO/C1=C/C=C(/Nc2c(F)cc(N3C[C@H](CNC(C)=O)OC3O)cc2F)CC(C)C(=O)C1. The number of ether oxygens (including phenoxy) is 2. The number of benzene rings is 1. The van der Waals surface area contributed by atoms with Gasteiger partial charge in [-0.15, -0.1) is 0 Å². The number of halogens is 2. The summed E-state index contributed by atoms with van der Waals surface area (Å²) >= 11 is 0. The fourth-order valence-electron chi connectivity index (χ4n) is 3.55. The van der Waals surface area contributed by atoms with E-state index in [9.17, 15) is 23.5 Å². The molecule has 0 bridgehead atoms. The van der Waals surface area contributed by atoms with E-state index in [1.54, 1.807) is 19.1 Å². The Hall–Kier alpha value is -2.98. The number of nitrogens with one attached hydrogen (secondary N) is 2. The zero-order chi connectivity index (χ0) is 23.4. The number of ketones is 1. The Labute approximate surface area is 184 Å². The molecule has 3 rings (SSSR count). The van der Waals surface area contributed by atoms with Crippen molar-refractivity contribution in [2.24, 2.45) is 5.92 Å². The number of aliphatic hydroxyl groups excluding tert-OH is 1. The molecule has 1 amide bonds. The minimum absolute atomic E-state index is 0.0290. The molecule has 0 aromatic heterocycles. The third-order valence-corrected chi connectivity index (χ3v) is 5.36. The topological polar surface area (TPSA) is 100 Å². The summed E-state index contributed by atoms with van der Waals surface area (Å²) in [6.45, 7) is 3.41. The largest absolute Gasteiger partial charge is 0.501 e. The van der Waals surface area contributed by atoms with Crippen molar-refractivity contribution in [2.45, 2.75) is 39.2 Å². The van der Waals surface area contributed by atoms with Crippen LogP contribution in [-0.2, 0) is 19.1 Å². The summed E-state index contributed by atoms with van der Waals surface area (Å²) in [6.07, 6.45) is 1.77. The Balaban J connectivity index is 1.79. The highest BCUT2D eigenvalue weighted by Gasteiger charge is 2.32. The monoisotopic (exact) mass is 451 g/mol. The first-order valence-electron chi connectivity index (χ1n) is 10.2. The van der Waals surface area contributed by atoms with E-state index in [1.165, 1.54) is 18.9 Å². The molecule has 1 aromatic rings. The summed E-state index contributed by atoms with van der Waals surface area (Å²) in [4.78, 5) is 24.6. The molecular weight excluding hydrogens is 424 g/mol. The van der Waals surface area contributed by atoms with Crippen LogP contribution in [0.1, 0.15) is 26.7 Å². The van der Waals surface area contributed by atoms with Gasteiger partial charge in [-0.1, -0.05) is 6.92 Å². The molecule has 0 saturated carbocycles. The number of rotatable bonds is 6. The fraction of sp³-hybridized carbons (Fsp3) is 0.455. The van der Waals surface area contributed by atoms with Crippen LogP contribution in [0.2, 0.25) is 0 Å². The highest BCUT2D eigenvalue weighted by atomic mass is 19.1. The van der Waals surface area contributed by atoms with E-state index in [1.807, 2.05) is 0 Å². The Morgan fingerprint density at radius 1 is 1.31 bits per heavy atom. The zero-order valence-electron chi connectivity index (χ0n) is 18.2. The molecule has 32 heavy (non-hydrogen) atoms. The average Bonchev–Trinajstić information content (AvgIpc) is 3.10. The molecule has 1 aliphatic carbocycles. The van der Waals surface area contributed by atoms with Crippen molar-refractivity contribution in [3.8, 4) is 0 Å². The van der Waals surface area contributed by atoms with Crippen LogP contribution in [0.4, 0.5) is 20.2 Å². The first-order valence-corrected chi connectivity index (χ1v) is 10.2. The van der Waals surface area contributed by atoms with Crippen LogP contribution >= 0.6 is 0 Å². The average molecular weight is 451 g/mol. The Morgan fingerprint density at radius 2 is 2.00 bits per heavy atom. The fourth-order valence-corrected chi connectivity index (χ4v) is 3.55. The molecule has 2 aliphatic rings. The molecular formula is C22H27F2N3O5. The molecule has 10 heteroatoms. The summed E-state index contributed by atoms with van der Waals surface area (Å²) in [5.41, 5.74) is 0.197. The van der Waals surface area contributed by atoms with Gasteiger partial charge in [0.2, 0.25) is 12.3 Å². The molecule has 2 unspecified atom stereocenters. The van der Waals surface area contributed by atoms with Gasteiger partial charge in [0, 0.05) is 30.8 Å². The van der Waals surface area contributed by atoms with Crippen LogP contribution in [0, 0.1) is 17.6 Å². The molecule has 0 radical (unpaired) electrons. The van der Waals surface area contributed by atoms with Gasteiger partial charge in [-0.3, -0.25) is 9.59 Å². The number of nitrogens with zero attached hydrogens (tertiary/aromatic N) is 1. The van der Waals surface area contributed by atoms with Gasteiger partial charge in [0.05, 0.1) is 26.2 Å². The molecule has 1 saturated heterocycles. The second kappa shape index (κ2) is 10.1. The Bertz CT molecular complexity index is 926. The normalized spacial score (nSPS) is 27.0. The van der Waals surface area contributed by atoms with Crippen molar-refractivity contribution >= 4 is 23.1 Å². The third-order valence-electron chi connectivity index (χ3n) is 5.36. The van der Waals surface area contributed by atoms with Gasteiger partial charge in [0.15, 0.2) is 11.6 Å². The highest BCUT2D eigenvalue weighted by molar-refractivity contribution is 5.83. The number of anilines is 2. The predicted octanol–water partition coefficient (Wildman–Crippen LogP) is 2.41. The summed E-state index contributed by atoms with van der Waals surface area (Å²) in [6, 6.07) is 2.18. The molecule has 174 valence electrons. The smallest absolute Gasteiger partial charge is 0.238 e. The second-order valence-electron chi connectivity index (χ2n) is 7.86. The number of methoxy groups -OCH3 is 1. The number of Topliss-reactive ketones (excluding diaryl/α,β-unsaturated/α-hetero) is 1. The van der Waals surface area contributed by atoms with E-state index in [4.69, 9.17) is 9.47 Å². The van der Waals surface area contributed by atoms with Crippen molar-refractivity contribution in [3.05, 3.63) is 47.4 Å². The lowest BCUT2D eigenvalue weighted by Crippen LogP contribution is -2.33. The molecule has 1 aliphatic heterocycles. The van der Waals surface area contributed by atoms with Crippen LogP contribution in [0.15, 0.2) is 35.7 Å². The Morgan fingerprint density at radius 3 is 2.62 bits per heavy atom. The predicted molar refractivity (Wildman–Crippen MR) is 113 cm³/mol. The van der Waals surface area contributed by atoms with Crippen LogP contribution in [0.5, 0.6) is 0 Å². The molecule has 1 aromatic carbocycles. The highest BCUT2D eigenvalue weighted by Crippen LogP contribution is 2.31. The van der Waals surface area contributed by atoms with Gasteiger partial charge in [-0.25, -0.2) is 8.78 Å². The lowest BCUT2D eigenvalue weighted by molar-refractivity contribution is -0.122. The summed E-state index contributed by atoms with van der Waals surface area (Å²) in [7, 11) is 1.46. The quantitative estimate of drug-likeness (QED) is 0.611. The standard InChI is InChI=1S/C22H27F2N3O5/c1-12-6-14(4-5-16(31-3)9-20(12)29)26-21-18(23)7-15(8-19(21)24)27-11-17(32-22(27)30)10-25-13(2)28/h4-5,7-8,12,17,22,26,30H,6,9-11H2,1-3H3,(H,25,28)/b14-4+,16-5+/t12?,17-,22?/m0/s1. The maximum absolute atomic E-state index is 14.9. The van der Waals surface area contributed by atoms with Crippen molar-refractivity contribution < 1.29 is 33.0 Å². The number of carbonyl (C=O) groups is 2. The number of carbonyl (C=O) groups excluding carboxylic acids is 2. The van der Waals surface area contributed by atoms with E-state index in [2.05, 4.69) is 10.6 Å². The van der Waals surface area contributed by atoms with E-state index in [0.717, 1.165) is 12.1 Å². The summed E-state index contributed by atoms with van der Waals surface area (Å²) in [5.74, 6) is -1.89. The number of amides is 1. The number of aliphatic hydroxyl groups is 1. The summed E-state index contributed by atoms with van der Waals surface area (Å²) < 4.78 is 40.2. The van der Waals surface area contributed by atoms with Crippen LogP contribution in [0.3, 0.4) is 0 Å². The van der Waals surface area contributed by atoms with E-state index in [-0.39, 0.29) is 54.9 Å². The molecule has 1 fully saturated rings. The maximum Gasteiger partial charge on any atom is 0.238 e.